The van der Waals surface area contributed by atoms with E-state index in [0.717, 1.165) is 48.5 Å². The molecule has 0 aliphatic carbocycles. The molecule has 29 heavy (non-hydrogen) atoms. The second kappa shape index (κ2) is 10.5. The van der Waals surface area contributed by atoms with Crippen molar-refractivity contribution in [3.05, 3.63) is 47.1 Å². The van der Waals surface area contributed by atoms with Crippen LogP contribution in [0.2, 0.25) is 5.02 Å². The van der Waals surface area contributed by atoms with E-state index in [-0.39, 0.29) is 29.4 Å². The van der Waals surface area contributed by atoms with E-state index in [4.69, 9.17) is 16.0 Å². The Bertz CT molecular complexity index is 817. The molecule has 0 spiro atoms. The molecule has 3 rings (SSSR count). The van der Waals surface area contributed by atoms with E-state index in [2.05, 4.69) is 59.3 Å². The van der Waals surface area contributed by atoms with Gasteiger partial charge in [0.1, 0.15) is 12.3 Å². The summed E-state index contributed by atoms with van der Waals surface area (Å²) in [4.78, 5) is 11.4. The quantitative estimate of drug-likeness (QED) is 0.336. The fourth-order valence-electron chi connectivity index (χ4n) is 3.18. The SMILES string of the molecule is CCNC(=NCc1ncc(C(C)(C)C)o1)NC1CCN(c2cccc(Cl)c2)C1.I. The van der Waals surface area contributed by atoms with Crippen molar-refractivity contribution < 1.29 is 4.42 Å². The number of hydrogen-bond donors (Lipinski definition) is 2. The summed E-state index contributed by atoms with van der Waals surface area (Å²) in [5.74, 6) is 2.30. The van der Waals surface area contributed by atoms with E-state index in [9.17, 15) is 0 Å². The van der Waals surface area contributed by atoms with Crippen LogP contribution in [-0.2, 0) is 12.0 Å². The van der Waals surface area contributed by atoms with Gasteiger partial charge in [-0.15, -0.1) is 24.0 Å². The predicted molar refractivity (Wildman–Crippen MR) is 131 cm³/mol. The molecule has 0 radical (unpaired) electrons. The van der Waals surface area contributed by atoms with Gasteiger partial charge in [-0.1, -0.05) is 38.4 Å². The van der Waals surface area contributed by atoms with Gasteiger partial charge < -0.3 is 20.0 Å². The summed E-state index contributed by atoms with van der Waals surface area (Å²) >= 11 is 6.13. The first-order valence-electron chi connectivity index (χ1n) is 9.85. The Hall–Kier alpha value is -1.48. The van der Waals surface area contributed by atoms with Crippen LogP contribution in [0.25, 0.3) is 0 Å². The predicted octanol–water partition coefficient (Wildman–Crippen LogP) is 4.58. The maximum Gasteiger partial charge on any atom is 0.216 e. The Morgan fingerprint density at radius 3 is 2.83 bits per heavy atom. The fourth-order valence-corrected chi connectivity index (χ4v) is 3.36. The molecular formula is C21H31ClIN5O. The molecule has 0 bridgehead atoms. The average Bonchev–Trinajstić information content (AvgIpc) is 3.29. The number of halogens is 2. The lowest BCUT2D eigenvalue weighted by molar-refractivity contribution is 0.383. The molecule has 1 aliphatic rings. The van der Waals surface area contributed by atoms with Crippen LogP contribution in [0.1, 0.15) is 45.8 Å². The van der Waals surface area contributed by atoms with Crippen molar-refractivity contribution in [2.45, 2.75) is 52.1 Å². The normalized spacial score (nSPS) is 17.2. The number of aromatic nitrogens is 1. The molecule has 1 aliphatic heterocycles. The number of rotatable bonds is 5. The molecule has 1 aromatic heterocycles. The van der Waals surface area contributed by atoms with Crippen LogP contribution in [0.4, 0.5) is 5.69 Å². The second-order valence-electron chi connectivity index (χ2n) is 8.12. The van der Waals surface area contributed by atoms with Gasteiger partial charge in [0.15, 0.2) is 5.96 Å². The van der Waals surface area contributed by atoms with Crippen LogP contribution in [0, 0.1) is 0 Å². The van der Waals surface area contributed by atoms with Crippen LogP contribution in [0.3, 0.4) is 0 Å². The summed E-state index contributed by atoms with van der Waals surface area (Å²) in [5.41, 5.74) is 1.11. The molecule has 1 aromatic carbocycles. The van der Waals surface area contributed by atoms with Crippen molar-refractivity contribution >= 4 is 47.2 Å². The summed E-state index contributed by atoms with van der Waals surface area (Å²) < 4.78 is 5.84. The van der Waals surface area contributed by atoms with E-state index in [1.54, 1.807) is 6.20 Å². The Morgan fingerprint density at radius 1 is 1.38 bits per heavy atom. The fraction of sp³-hybridized carbons (Fsp3) is 0.524. The number of anilines is 1. The molecular weight excluding hydrogens is 501 g/mol. The van der Waals surface area contributed by atoms with E-state index in [1.807, 2.05) is 18.2 Å². The minimum absolute atomic E-state index is 0. The first-order valence-corrected chi connectivity index (χ1v) is 10.2. The third-order valence-corrected chi connectivity index (χ3v) is 4.95. The van der Waals surface area contributed by atoms with Crippen molar-refractivity contribution in [3.63, 3.8) is 0 Å². The number of guanidine groups is 1. The molecule has 160 valence electrons. The van der Waals surface area contributed by atoms with Gasteiger partial charge in [-0.2, -0.15) is 0 Å². The third-order valence-electron chi connectivity index (χ3n) is 4.71. The molecule has 1 fully saturated rings. The zero-order valence-corrected chi connectivity index (χ0v) is 20.6. The zero-order chi connectivity index (χ0) is 20.1. The number of oxazole rings is 1. The molecule has 8 heteroatoms. The van der Waals surface area contributed by atoms with Gasteiger partial charge in [0.2, 0.25) is 5.89 Å². The van der Waals surface area contributed by atoms with E-state index in [1.165, 1.54) is 0 Å². The highest BCUT2D eigenvalue weighted by Gasteiger charge is 2.24. The molecule has 2 N–H and O–H groups in total. The highest BCUT2D eigenvalue weighted by molar-refractivity contribution is 14.0. The Labute approximate surface area is 195 Å². The van der Waals surface area contributed by atoms with Gasteiger partial charge in [0.25, 0.3) is 0 Å². The molecule has 1 atom stereocenters. The molecule has 0 saturated carbocycles. The number of aliphatic imine (C=N–C) groups is 1. The first kappa shape index (κ1) is 23.8. The second-order valence-corrected chi connectivity index (χ2v) is 8.56. The molecule has 6 nitrogen and oxygen atoms in total. The summed E-state index contributed by atoms with van der Waals surface area (Å²) in [6.45, 7) is 11.5. The summed E-state index contributed by atoms with van der Waals surface area (Å²) in [7, 11) is 0. The van der Waals surface area contributed by atoms with E-state index >= 15 is 0 Å². The van der Waals surface area contributed by atoms with Crippen LogP contribution in [-0.4, -0.2) is 36.6 Å². The smallest absolute Gasteiger partial charge is 0.216 e. The van der Waals surface area contributed by atoms with Gasteiger partial charge in [0.05, 0.1) is 6.20 Å². The highest BCUT2D eigenvalue weighted by atomic mass is 127. The van der Waals surface area contributed by atoms with Crippen molar-refractivity contribution in [2.24, 2.45) is 4.99 Å². The zero-order valence-electron chi connectivity index (χ0n) is 17.5. The van der Waals surface area contributed by atoms with Crippen molar-refractivity contribution in [1.29, 1.82) is 0 Å². The Kier molecular flexibility index (Phi) is 8.63. The number of nitrogens with zero attached hydrogens (tertiary/aromatic N) is 3. The summed E-state index contributed by atoms with van der Waals surface area (Å²) in [6, 6.07) is 8.33. The molecule has 2 heterocycles. The van der Waals surface area contributed by atoms with Crippen molar-refractivity contribution in [1.82, 2.24) is 15.6 Å². The molecule has 0 amide bonds. The van der Waals surface area contributed by atoms with Gasteiger partial charge in [0, 0.05) is 41.8 Å². The van der Waals surface area contributed by atoms with Crippen LogP contribution in [0.5, 0.6) is 0 Å². The molecule has 2 aromatic rings. The summed E-state index contributed by atoms with van der Waals surface area (Å²) in [5, 5.41) is 7.61. The lowest BCUT2D eigenvalue weighted by Gasteiger charge is -2.20. The van der Waals surface area contributed by atoms with Gasteiger partial charge in [-0.05, 0) is 31.5 Å². The maximum absolute atomic E-state index is 6.13. The minimum Gasteiger partial charge on any atom is -0.443 e. The number of hydrogen-bond acceptors (Lipinski definition) is 4. The number of benzene rings is 1. The van der Waals surface area contributed by atoms with Crippen molar-refractivity contribution in [2.75, 3.05) is 24.5 Å². The standard InChI is InChI=1S/C21H30ClN5O.HI/c1-5-23-20(25-13-19-24-12-18(28-19)21(2,3)4)26-16-9-10-27(14-16)17-8-6-7-15(22)11-17;/h6-8,11-12,16H,5,9-10,13-14H2,1-4H3,(H2,23,25,26);1H. The van der Waals surface area contributed by atoms with Crippen LogP contribution < -0.4 is 15.5 Å². The Morgan fingerprint density at radius 2 is 2.17 bits per heavy atom. The van der Waals surface area contributed by atoms with Crippen LogP contribution in [0.15, 0.2) is 39.9 Å². The number of nitrogens with one attached hydrogen (secondary N) is 2. The van der Waals surface area contributed by atoms with Crippen molar-refractivity contribution in [3.8, 4) is 0 Å². The van der Waals surface area contributed by atoms with E-state index in [0.29, 0.717) is 18.5 Å². The van der Waals surface area contributed by atoms with Gasteiger partial charge >= 0.3 is 0 Å². The topological polar surface area (TPSA) is 65.7 Å². The maximum atomic E-state index is 6.13. The molecule has 1 unspecified atom stereocenters. The lowest BCUT2D eigenvalue weighted by atomic mass is 9.94. The highest BCUT2D eigenvalue weighted by Crippen LogP contribution is 2.24. The summed E-state index contributed by atoms with van der Waals surface area (Å²) in [6.07, 6.45) is 2.84. The van der Waals surface area contributed by atoms with Gasteiger partial charge in [-0.3, -0.25) is 0 Å². The van der Waals surface area contributed by atoms with Crippen LogP contribution >= 0.6 is 35.6 Å². The minimum atomic E-state index is -0.0502. The monoisotopic (exact) mass is 531 g/mol. The van der Waals surface area contributed by atoms with E-state index < -0.39 is 0 Å². The third kappa shape index (κ3) is 6.77. The largest absolute Gasteiger partial charge is 0.443 e. The average molecular weight is 532 g/mol. The lowest BCUT2D eigenvalue weighted by Crippen LogP contribution is -2.44. The molecule has 1 saturated heterocycles. The van der Waals surface area contributed by atoms with Gasteiger partial charge in [-0.25, -0.2) is 9.98 Å². The Balaban J connectivity index is 0.00000300. The first-order chi connectivity index (χ1) is 13.3.